The quantitative estimate of drug-likeness (QED) is 0.283. The fourth-order valence-corrected chi connectivity index (χ4v) is 6.47. The van der Waals surface area contributed by atoms with Gasteiger partial charge in [0.25, 0.3) is 0 Å². The number of fused-ring (bicyclic) bond motifs is 5. The van der Waals surface area contributed by atoms with Gasteiger partial charge >= 0.3 is 0 Å². The Morgan fingerprint density at radius 2 is 1.70 bits per heavy atom. The second-order valence-corrected chi connectivity index (χ2v) is 10.9. The minimum Gasteiger partial charge on any atom is -0.467 e. The zero-order valence-electron chi connectivity index (χ0n) is 22.3. The van der Waals surface area contributed by atoms with Gasteiger partial charge in [0.2, 0.25) is 0 Å². The summed E-state index contributed by atoms with van der Waals surface area (Å²) in [7, 11) is 0. The van der Waals surface area contributed by atoms with Gasteiger partial charge in [-0.1, -0.05) is 91.1 Å². The minimum atomic E-state index is -0.0686. The average molecular weight is 522 g/mol. The molecular formula is C36H31N3O. The normalized spacial score (nSPS) is 23.2. The lowest BCUT2D eigenvalue weighted by atomic mass is 9.96. The minimum absolute atomic E-state index is 0.0662. The molecule has 0 saturated heterocycles. The predicted molar refractivity (Wildman–Crippen MR) is 165 cm³/mol. The molecule has 3 aromatic carbocycles. The Bertz CT molecular complexity index is 1820. The number of benzene rings is 3. The van der Waals surface area contributed by atoms with Crippen molar-refractivity contribution >= 4 is 33.1 Å². The molecule has 3 atom stereocenters. The van der Waals surface area contributed by atoms with Crippen molar-refractivity contribution in [1.29, 1.82) is 0 Å². The molecule has 2 aliphatic carbocycles. The van der Waals surface area contributed by atoms with Crippen LogP contribution in [0.25, 0.3) is 27.4 Å². The van der Waals surface area contributed by atoms with Gasteiger partial charge in [-0.25, -0.2) is 0 Å². The molecule has 0 fully saturated rings. The Morgan fingerprint density at radius 1 is 0.800 bits per heavy atom. The van der Waals surface area contributed by atoms with E-state index >= 15 is 0 Å². The number of hydrogen-bond donors (Lipinski definition) is 2. The standard InChI is InChI=1S/C36H31N3O/c1-4-12-24(13-5-1)27-22-30(25-14-6-2-7-15-25)37-33(23-27)39-31-19-11-10-18-28(31)34-32(39)21-20-29-35(34)40-36(38-29)26-16-8-3-9-17-26/h1,3-6,8-16,18-23,26,33,36-38H,2,7,17H2. The van der Waals surface area contributed by atoms with Crippen molar-refractivity contribution in [2.24, 2.45) is 5.92 Å². The van der Waals surface area contributed by atoms with E-state index in [9.17, 15) is 0 Å². The molecule has 4 aromatic rings. The van der Waals surface area contributed by atoms with Crippen LogP contribution in [0.2, 0.25) is 0 Å². The molecule has 4 aliphatic rings. The van der Waals surface area contributed by atoms with Gasteiger partial charge in [0.05, 0.1) is 22.1 Å². The highest BCUT2D eigenvalue weighted by atomic mass is 16.5. The third kappa shape index (κ3) is 3.83. The monoisotopic (exact) mass is 521 g/mol. The van der Waals surface area contributed by atoms with Crippen LogP contribution < -0.4 is 15.4 Å². The summed E-state index contributed by atoms with van der Waals surface area (Å²) in [5.74, 6) is 1.26. The first-order valence-corrected chi connectivity index (χ1v) is 14.3. The van der Waals surface area contributed by atoms with Crippen LogP contribution in [0.4, 0.5) is 5.69 Å². The van der Waals surface area contributed by atoms with Crippen LogP contribution in [0.15, 0.2) is 133 Å². The number of nitrogens with zero attached hydrogens (tertiary/aromatic N) is 1. The van der Waals surface area contributed by atoms with Gasteiger partial charge in [0.15, 0.2) is 12.0 Å². The second kappa shape index (κ2) is 9.49. The van der Waals surface area contributed by atoms with Gasteiger partial charge in [-0.05, 0) is 66.3 Å². The van der Waals surface area contributed by atoms with E-state index in [1.54, 1.807) is 0 Å². The van der Waals surface area contributed by atoms with Gasteiger partial charge < -0.3 is 19.9 Å². The van der Waals surface area contributed by atoms with Gasteiger partial charge in [0.1, 0.15) is 6.17 Å². The van der Waals surface area contributed by atoms with Crippen LogP contribution in [0, 0.1) is 5.92 Å². The molecule has 196 valence electrons. The molecule has 4 nitrogen and oxygen atoms in total. The Labute approximate surface area is 234 Å². The van der Waals surface area contributed by atoms with E-state index < -0.39 is 0 Å². The summed E-state index contributed by atoms with van der Waals surface area (Å²) < 4.78 is 9.14. The maximum absolute atomic E-state index is 6.70. The Balaban J connectivity index is 1.28. The topological polar surface area (TPSA) is 38.2 Å². The molecule has 40 heavy (non-hydrogen) atoms. The van der Waals surface area contributed by atoms with Gasteiger partial charge in [-0.2, -0.15) is 0 Å². The van der Waals surface area contributed by atoms with Crippen LogP contribution in [0.3, 0.4) is 0 Å². The highest BCUT2D eigenvalue weighted by Gasteiger charge is 2.32. The maximum atomic E-state index is 6.70. The first-order valence-electron chi connectivity index (χ1n) is 14.3. The van der Waals surface area contributed by atoms with E-state index in [4.69, 9.17) is 4.74 Å². The molecule has 0 spiro atoms. The Kier molecular flexibility index (Phi) is 5.51. The number of para-hydroxylation sites is 1. The third-order valence-corrected chi connectivity index (χ3v) is 8.41. The molecule has 1 aromatic heterocycles. The molecule has 3 unspecified atom stereocenters. The zero-order chi connectivity index (χ0) is 26.5. The van der Waals surface area contributed by atoms with Crippen molar-refractivity contribution < 1.29 is 4.74 Å². The van der Waals surface area contributed by atoms with E-state index in [-0.39, 0.29) is 12.4 Å². The summed E-state index contributed by atoms with van der Waals surface area (Å²) in [4.78, 5) is 0. The smallest absolute Gasteiger partial charge is 0.176 e. The van der Waals surface area contributed by atoms with E-state index in [2.05, 4.69) is 137 Å². The predicted octanol–water partition coefficient (Wildman–Crippen LogP) is 8.40. The Morgan fingerprint density at radius 3 is 2.55 bits per heavy atom. The van der Waals surface area contributed by atoms with Gasteiger partial charge in [0, 0.05) is 17.0 Å². The lowest BCUT2D eigenvalue weighted by molar-refractivity contribution is 0.206. The number of rotatable bonds is 4. The van der Waals surface area contributed by atoms with Crippen LogP contribution >= 0.6 is 0 Å². The third-order valence-electron chi connectivity index (χ3n) is 8.41. The molecule has 4 heteroatoms. The SMILES string of the molecule is C1=CCC(C2Nc3ccc4c(c3O2)c2ccccc2n4C2C=C(c3ccccc3)C=C(C3=CCCC=C3)N2)C=C1. The van der Waals surface area contributed by atoms with E-state index in [0.717, 1.165) is 41.9 Å². The summed E-state index contributed by atoms with van der Waals surface area (Å²) >= 11 is 0. The number of nitrogens with one attached hydrogen (secondary N) is 2. The second-order valence-electron chi connectivity index (χ2n) is 10.9. The number of ether oxygens (including phenoxy) is 1. The first kappa shape index (κ1) is 23.2. The van der Waals surface area contributed by atoms with Crippen molar-refractivity contribution in [2.45, 2.75) is 31.7 Å². The number of dihydropyridines is 1. The van der Waals surface area contributed by atoms with Gasteiger partial charge in [-0.3, -0.25) is 0 Å². The number of anilines is 1. The molecule has 0 radical (unpaired) electrons. The summed E-state index contributed by atoms with van der Waals surface area (Å²) in [5, 5.41) is 9.93. The largest absolute Gasteiger partial charge is 0.467 e. The first-order chi connectivity index (χ1) is 19.8. The summed E-state index contributed by atoms with van der Waals surface area (Å²) in [6, 6.07) is 23.8. The van der Waals surface area contributed by atoms with E-state index in [0.29, 0.717) is 5.92 Å². The number of allylic oxidation sites excluding steroid dienone is 8. The lowest BCUT2D eigenvalue weighted by Gasteiger charge is -2.28. The molecular weight excluding hydrogens is 490 g/mol. The summed E-state index contributed by atoms with van der Waals surface area (Å²) in [5.41, 5.74) is 8.28. The van der Waals surface area contributed by atoms with E-state index in [1.807, 2.05) is 0 Å². The molecule has 2 aliphatic heterocycles. The molecule has 3 heterocycles. The maximum Gasteiger partial charge on any atom is 0.176 e. The fraction of sp³-hybridized carbons (Fsp3) is 0.167. The van der Waals surface area contributed by atoms with Crippen molar-refractivity contribution in [3.63, 3.8) is 0 Å². The van der Waals surface area contributed by atoms with Crippen LogP contribution in [0.5, 0.6) is 5.75 Å². The van der Waals surface area contributed by atoms with Crippen LogP contribution in [0.1, 0.15) is 31.0 Å². The molecule has 8 rings (SSSR count). The highest BCUT2D eigenvalue weighted by molar-refractivity contribution is 6.13. The van der Waals surface area contributed by atoms with Crippen molar-refractivity contribution in [3.8, 4) is 5.75 Å². The van der Waals surface area contributed by atoms with Crippen molar-refractivity contribution in [2.75, 3.05) is 5.32 Å². The van der Waals surface area contributed by atoms with Crippen LogP contribution in [-0.2, 0) is 0 Å². The summed E-state index contributed by atoms with van der Waals surface area (Å²) in [6.45, 7) is 0. The lowest BCUT2D eigenvalue weighted by Crippen LogP contribution is -2.29. The molecule has 0 saturated carbocycles. The van der Waals surface area contributed by atoms with Crippen molar-refractivity contribution in [3.05, 3.63) is 138 Å². The zero-order valence-corrected chi connectivity index (χ0v) is 22.3. The fourth-order valence-electron chi connectivity index (χ4n) is 6.47. The van der Waals surface area contributed by atoms with E-state index in [1.165, 1.54) is 33.0 Å². The molecule has 0 amide bonds. The molecule has 2 N–H and O–H groups in total. The van der Waals surface area contributed by atoms with Crippen LogP contribution in [-0.4, -0.2) is 10.8 Å². The Hall–Kier alpha value is -4.70. The number of aromatic nitrogens is 1. The highest BCUT2D eigenvalue weighted by Crippen LogP contribution is 2.46. The average Bonchev–Trinajstić information content (AvgIpc) is 3.62. The molecule has 0 bridgehead atoms. The number of hydrogen-bond acceptors (Lipinski definition) is 3. The van der Waals surface area contributed by atoms with Crippen molar-refractivity contribution in [1.82, 2.24) is 9.88 Å². The van der Waals surface area contributed by atoms with Gasteiger partial charge in [-0.15, -0.1) is 0 Å². The summed E-state index contributed by atoms with van der Waals surface area (Å²) in [6.07, 6.45) is 23.2.